The van der Waals surface area contributed by atoms with Crippen LogP contribution in [0, 0.1) is 13.8 Å². The molecular weight excluding hydrogens is 398 g/mol. The zero-order valence-electron chi connectivity index (χ0n) is 17.2. The minimum absolute atomic E-state index is 0.0261. The van der Waals surface area contributed by atoms with Crippen LogP contribution in [-0.4, -0.2) is 37.0 Å². The number of thioether (sulfide) groups is 1. The number of aromatic nitrogens is 4. The molecule has 1 aliphatic carbocycles. The van der Waals surface area contributed by atoms with Crippen LogP contribution in [0.5, 0.6) is 0 Å². The van der Waals surface area contributed by atoms with Gasteiger partial charge in [-0.05, 0) is 49.9 Å². The highest BCUT2D eigenvalue weighted by molar-refractivity contribution is 7.99. The first kappa shape index (κ1) is 19.4. The first-order valence-electron chi connectivity index (χ1n) is 10.5. The molecule has 5 rings (SSSR count). The van der Waals surface area contributed by atoms with Gasteiger partial charge < -0.3 is 5.32 Å². The number of benzene rings is 1. The molecule has 0 radical (unpaired) electrons. The largest absolute Gasteiger partial charge is 0.353 e. The van der Waals surface area contributed by atoms with Crippen LogP contribution in [0.3, 0.4) is 0 Å². The van der Waals surface area contributed by atoms with Crippen LogP contribution >= 0.6 is 11.8 Å². The fourth-order valence-electron chi connectivity index (χ4n) is 4.40. The molecule has 3 aromatic rings. The van der Waals surface area contributed by atoms with Crippen molar-refractivity contribution in [1.29, 1.82) is 0 Å². The summed E-state index contributed by atoms with van der Waals surface area (Å²) in [5.41, 5.74) is 3.71. The molecule has 0 spiro atoms. The van der Waals surface area contributed by atoms with Crippen molar-refractivity contribution in [3.63, 3.8) is 0 Å². The average Bonchev–Trinajstić information content (AvgIpc) is 3.45. The van der Waals surface area contributed by atoms with Crippen molar-refractivity contribution < 1.29 is 4.79 Å². The van der Waals surface area contributed by atoms with Crippen LogP contribution in [0.4, 0.5) is 0 Å². The number of amides is 1. The minimum atomic E-state index is -0.166. The van der Waals surface area contributed by atoms with Crippen LogP contribution in [0.1, 0.15) is 49.3 Å². The van der Waals surface area contributed by atoms with Crippen molar-refractivity contribution in [2.75, 3.05) is 5.75 Å². The average molecular weight is 424 g/mol. The summed E-state index contributed by atoms with van der Waals surface area (Å²) in [6.45, 7) is 4.12. The lowest BCUT2D eigenvalue weighted by molar-refractivity contribution is -0.122. The molecule has 3 heterocycles. The van der Waals surface area contributed by atoms with E-state index in [1.807, 2.05) is 12.1 Å². The summed E-state index contributed by atoms with van der Waals surface area (Å²) in [7, 11) is 0. The molecular formula is C22H25N5O2S. The number of fused-ring (bicyclic) bond motifs is 2. The standard InChI is InChI=1S/C22H25N5O2S/c1-13-7-8-16(9-14(13)2)27-20-18(11-23-27)21(29)26-17(12-30-22(26)25-20)10-19(28)24-15-5-3-4-6-15/h7-9,11,15,17H,3-6,10,12H2,1-2H3,(H,24,28). The summed E-state index contributed by atoms with van der Waals surface area (Å²) in [6, 6.07) is 6.22. The van der Waals surface area contributed by atoms with Gasteiger partial charge in [0.25, 0.3) is 5.56 Å². The van der Waals surface area contributed by atoms with Gasteiger partial charge in [0, 0.05) is 18.2 Å². The molecule has 8 heteroatoms. The van der Waals surface area contributed by atoms with Crippen molar-refractivity contribution in [1.82, 2.24) is 24.6 Å². The molecule has 1 unspecified atom stereocenters. The quantitative estimate of drug-likeness (QED) is 0.651. The van der Waals surface area contributed by atoms with E-state index in [-0.39, 0.29) is 17.5 Å². The van der Waals surface area contributed by atoms with Crippen molar-refractivity contribution in [3.05, 3.63) is 45.9 Å². The molecule has 1 fully saturated rings. The topological polar surface area (TPSA) is 81.8 Å². The summed E-state index contributed by atoms with van der Waals surface area (Å²) in [6.07, 6.45) is 6.38. The molecule has 1 amide bonds. The van der Waals surface area contributed by atoms with Crippen LogP contribution in [-0.2, 0) is 4.79 Å². The Hall–Kier alpha value is -2.61. The highest BCUT2D eigenvalue weighted by Crippen LogP contribution is 2.33. The van der Waals surface area contributed by atoms with Gasteiger partial charge in [-0.15, -0.1) is 0 Å². The van der Waals surface area contributed by atoms with E-state index in [0.29, 0.717) is 34.4 Å². The van der Waals surface area contributed by atoms with E-state index in [1.165, 1.54) is 30.2 Å². The molecule has 2 aliphatic rings. The maximum atomic E-state index is 13.2. The normalized spacial score (nSPS) is 18.8. The first-order chi connectivity index (χ1) is 14.5. The third kappa shape index (κ3) is 3.33. The number of rotatable bonds is 4. The second kappa shape index (κ2) is 7.58. The van der Waals surface area contributed by atoms with Gasteiger partial charge in [0.1, 0.15) is 5.39 Å². The van der Waals surface area contributed by atoms with Gasteiger partial charge in [-0.3, -0.25) is 14.2 Å². The lowest BCUT2D eigenvalue weighted by atomic mass is 10.1. The van der Waals surface area contributed by atoms with Crippen molar-refractivity contribution >= 4 is 28.7 Å². The molecule has 1 N–H and O–H groups in total. The van der Waals surface area contributed by atoms with Crippen molar-refractivity contribution in [2.45, 2.75) is 63.2 Å². The smallest absolute Gasteiger partial charge is 0.265 e. The Morgan fingerprint density at radius 2 is 2.03 bits per heavy atom. The molecule has 156 valence electrons. The molecule has 7 nitrogen and oxygen atoms in total. The van der Waals surface area contributed by atoms with E-state index in [2.05, 4.69) is 30.3 Å². The van der Waals surface area contributed by atoms with Crippen LogP contribution in [0.25, 0.3) is 16.7 Å². The highest BCUT2D eigenvalue weighted by Gasteiger charge is 2.30. The van der Waals surface area contributed by atoms with Gasteiger partial charge >= 0.3 is 0 Å². The Bertz CT molecular complexity index is 1190. The number of hydrogen-bond acceptors (Lipinski definition) is 5. The molecule has 30 heavy (non-hydrogen) atoms. The first-order valence-corrected chi connectivity index (χ1v) is 11.5. The number of aryl methyl sites for hydroxylation is 2. The van der Waals surface area contributed by atoms with Crippen LogP contribution in [0.2, 0.25) is 0 Å². The SMILES string of the molecule is Cc1ccc(-n2ncc3c(=O)n4c(nc32)SCC4CC(=O)NC2CCCC2)cc1C. The van der Waals surface area contributed by atoms with Crippen molar-refractivity contribution in [2.24, 2.45) is 0 Å². The highest BCUT2D eigenvalue weighted by atomic mass is 32.2. The minimum Gasteiger partial charge on any atom is -0.353 e. The van der Waals surface area contributed by atoms with Gasteiger partial charge in [-0.25, -0.2) is 9.67 Å². The Morgan fingerprint density at radius 3 is 2.80 bits per heavy atom. The molecule has 2 aromatic heterocycles. The summed E-state index contributed by atoms with van der Waals surface area (Å²) in [4.78, 5) is 30.5. The van der Waals surface area contributed by atoms with E-state index in [0.717, 1.165) is 24.1 Å². The molecule has 1 aliphatic heterocycles. The summed E-state index contributed by atoms with van der Waals surface area (Å²) in [5, 5.41) is 8.72. The molecule has 0 saturated heterocycles. The van der Waals surface area contributed by atoms with Gasteiger partial charge in [0.05, 0.1) is 17.9 Å². The Balaban J connectivity index is 1.46. The fraction of sp³-hybridized carbons (Fsp3) is 0.455. The Labute approximate surface area is 178 Å². The predicted octanol–water partition coefficient (Wildman–Crippen LogP) is 3.29. The second-order valence-corrected chi connectivity index (χ2v) is 9.34. The van der Waals surface area contributed by atoms with Crippen molar-refractivity contribution in [3.8, 4) is 5.69 Å². The maximum Gasteiger partial charge on any atom is 0.265 e. The predicted molar refractivity (Wildman–Crippen MR) is 117 cm³/mol. The van der Waals surface area contributed by atoms with Gasteiger partial charge in [-0.1, -0.05) is 30.7 Å². The summed E-state index contributed by atoms with van der Waals surface area (Å²) >= 11 is 1.53. The lowest BCUT2D eigenvalue weighted by Gasteiger charge is -2.16. The van der Waals surface area contributed by atoms with Gasteiger partial charge in [0.2, 0.25) is 5.91 Å². The molecule has 1 aromatic carbocycles. The number of nitrogens with one attached hydrogen (secondary N) is 1. The zero-order chi connectivity index (χ0) is 20.8. The van der Waals surface area contributed by atoms with Crippen LogP contribution in [0.15, 0.2) is 34.3 Å². The number of nitrogens with zero attached hydrogens (tertiary/aromatic N) is 4. The van der Waals surface area contributed by atoms with E-state index in [4.69, 9.17) is 4.98 Å². The second-order valence-electron chi connectivity index (χ2n) is 8.35. The molecule has 1 saturated carbocycles. The van der Waals surface area contributed by atoms with E-state index < -0.39 is 0 Å². The number of hydrogen-bond donors (Lipinski definition) is 1. The van der Waals surface area contributed by atoms with E-state index in [9.17, 15) is 9.59 Å². The lowest BCUT2D eigenvalue weighted by Crippen LogP contribution is -2.35. The van der Waals surface area contributed by atoms with Gasteiger partial charge in [-0.2, -0.15) is 5.10 Å². The Kier molecular flexibility index (Phi) is 4.89. The number of carbonyl (C=O) groups excluding carboxylic acids is 1. The number of carbonyl (C=O) groups is 1. The third-order valence-corrected chi connectivity index (χ3v) is 7.34. The summed E-state index contributed by atoms with van der Waals surface area (Å²) in [5.74, 6) is 0.711. The summed E-state index contributed by atoms with van der Waals surface area (Å²) < 4.78 is 3.42. The maximum absolute atomic E-state index is 13.2. The van der Waals surface area contributed by atoms with E-state index >= 15 is 0 Å². The van der Waals surface area contributed by atoms with Gasteiger partial charge in [0.15, 0.2) is 10.8 Å². The zero-order valence-corrected chi connectivity index (χ0v) is 18.0. The Morgan fingerprint density at radius 1 is 1.23 bits per heavy atom. The third-order valence-electron chi connectivity index (χ3n) is 6.25. The monoisotopic (exact) mass is 423 g/mol. The van der Waals surface area contributed by atoms with E-state index in [1.54, 1.807) is 15.4 Å². The van der Waals surface area contributed by atoms with Crippen LogP contribution < -0.4 is 10.9 Å². The molecule has 1 atom stereocenters. The molecule has 0 bridgehead atoms. The fourth-order valence-corrected chi connectivity index (χ4v) is 5.53.